The summed E-state index contributed by atoms with van der Waals surface area (Å²) in [6.07, 6.45) is 0. The van der Waals surface area contributed by atoms with Crippen LogP contribution < -0.4 is 0 Å². The Hall–Kier alpha value is 2.91. The zero-order valence-electron chi connectivity index (χ0n) is 4.75. The van der Waals surface area contributed by atoms with Crippen molar-refractivity contribution in [1.82, 2.24) is 0 Å². The zero-order chi connectivity index (χ0) is 0. The molecule has 0 unspecified atom stereocenters. The molecule has 0 aliphatic rings. The van der Waals surface area contributed by atoms with E-state index in [1.54, 1.807) is 0 Å². The minimum Gasteiger partial charge on any atom is -2.00 e. The van der Waals surface area contributed by atoms with Crippen LogP contribution in [0, 0.1) is 0 Å². The predicted molar refractivity (Wildman–Crippen MR) is 16.3 cm³/mol. The second kappa shape index (κ2) is 216. The van der Waals surface area contributed by atoms with E-state index in [1.165, 1.54) is 0 Å². The quantitative estimate of drug-likeness (QED) is 0.280. The van der Waals surface area contributed by atoms with Crippen molar-refractivity contribution in [3.05, 3.63) is 0 Å². The van der Waals surface area contributed by atoms with Crippen LogP contribution in [0.1, 0.15) is 0 Å². The van der Waals surface area contributed by atoms with E-state index >= 15 is 0 Å². The van der Waals surface area contributed by atoms with E-state index in [2.05, 4.69) is 0 Å². The average molecular weight is 626 g/mol. The Labute approximate surface area is 132 Å². The molecule has 0 spiro atoms. The Morgan fingerprint density at radius 2 is 0.273 bits per heavy atom. The number of rotatable bonds is 0. The first kappa shape index (κ1) is 273. The summed E-state index contributed by atoms with van der Waals surface area (Å²) in [5, 5.41) is 0. The summed E-state index contributed by atoms with van der Waals surface area (Å²) in [5.74, 6) is 0. The van der Waals surface area contributed by atoms with Crippen molar-refractivity contribution in [2.24, 2.45) is 0 Å². The molecule has 0 N–H and O–H groups in total. The van der Waals surface area contributed by atoms with Crippen LogP contribution in [0.5, 0.6) is 0 Å². The van der Waals surface area contributed by atoms with Gasteiger partial charge in [0.2, 0.25) is 0 Å². The molecule has 0 saturated carbocycles. The van der Waals surface area contributed by atoms with Crippen LogP contribution in [-0.2, 0) is 81.8 Å². The molecule has 0 atom stereocenters. The molecule has 0 fully saturated rings. The SMILES string of the molecule is [Bi+3].[Bi+3].[O-2].[O-2].[O-2].[O-2].[O-2].[O-2].[O-2].[Ti+4].[Ti+4]. The van der Waals surface area contributed by atoms with Crippen molar-refractivity contribution in [3.8, 4) is 0 Å². The van der Waals surface area contributed by atoms with Gasteiger partial charge in [0.05, 0.1) is 0 Å². The van der Waals surface area contributed by atoms with Crippen LogP contribution in [0.4, 0.5) is 0 Å². The second-order valence-corrected chi connectivity index (χ2v) is 0. The molecule has 11 heavy (non-hydrogen) atoms. The van der Waals surface area contributed by atoms with Crippen molar-refractivity contribution >= 4 is 52.4 Å². The Bertz CT molecular complexity index is 14.4. The molecular weight excluding hydrogens is 626 g/mol. The Kier molecular flexibility index (Phi) is 5360. The minimum atomic E-state index is 0. The molecule has 0 rings (SSSR count). The molecule has 4 radical (unpaired) electrons. The molecule has 0 aromatic carbocycles. The van der Waals surface area contributed by atoms with E-state index in [0.717, 1.165) is 0 Å². The third-order valence-corrected chi connectivity index (χ3v) is 0. The van der Waals surface area contributed by atoms with Crippen molar-refractivity contribution in [2.45, 2.75) is 0 Å². The maximum absolute atomic E-state index is 0. The maximum atomic E-state index is 0. The predicted octanol–water partition coefficient (Wildman–Crippen LogP) is -1.60. The second-order valence-electron chi connectivity index (χ2n) is 0. The van der Waals surface area contributed by atoms with Crippen LogP contribution in [0.2, 0.25) is 0 Å². The van der Waals surface area contributed by atoms with E-state index in [-0.39, 0.29) is 134 Å². The van der Waals surface area contributed by atoms with Crippen LogP contribution in [0.15, 0.2) is 0 Å². The van der Waals surface area contributed by atoms with E-state index in [9.17, 15) is 0 Å². The molecule has 0 heterocycles. The van der Waals surface area contributed by atoms with Gasteiger partial charge in [0.25, 0.3) is 0 Å². The van der Waals surface area contributed by atoms with E-state index in [4.69, 9.17) is 0 Å². The zero-order valence-corrected chi connectivity index (χ0v) is 14.8. The monoisotopic (exact) mass is 626 g/mol. The number of hydrogen-bond donors (Lipinski definition) is 0. The van der Waals surface area contributed by atoms with Gasteiger partial charge in [0, 0.05) is 0 Å². The topological polar surface area (TPSA) is 200 Å². The summed E-state index contributed by atoms with van der Waals surface area (Å²) >= 11 is 0. The van der Waals surface area contributed by atoms with Crippen LogP contribution >= 0.6 is 0 Å². The Morgan fingerprint density at radius 1 is 0.273 bits per heavy atom. The van der Waals surface area contributed by atoms with Gasteiger partial charge in [0.15, 0.2) is 0 Å². The molecule has 11 heteroatoms. The molecule has 0 bridgehead atoms. The molecule has 0 amide bonds. The Balaban J connectivity index is 0. The summed E-state index contributed by atoms with van der Waals surface area (Å²) < 4.78 is 0. The van der Waals surface area contributed by atoms with Crippen LogP contribution in [0.25, 0.3) is 0 Å². The minimum absolute atomic E-state index is 0. The van der Waals surface area contributed by atoms with E-state index in [0.29, 0.717) is 0 Å². The first-order chi connectivity index (χ1) is 0. The average Bonchev–Trinajstić information content (AvgIpc) is 0. The van der Waals surface area contributed by atoms with Crippen LogP contribution in [-0.4, -0.2) is 52.4 Å². The van der Waals surface area contributed by atoms with Crippen molar-refractivity contribution in [3.63, 3.8) is 0 Å². The smallest absolute Gasteiger partial charge is 2.00 e. The van der Waals surface area contributed by atoms with Gasteiger partial charge < -0.3 is 38.3 Å². The van der Waals surface area contributed by atoms with Crippen LogP contribution in [0.3, 0.4) is 0 Å². The summed E-state index contributed by atoms with van der Waals surface area (Å²) in [6, 6.07) is 0. The van der Waals surface area contributed by atoms with Gasteiger partial charge >= 0.3 is 95.8 Å². The molecule has 0 saturated heterocycles. The summed E-state index contributed by atoms with van der Waals surface area (Å²) in [7, 11) is 0. The van der Waals surface area contributed by atoms with Gasteiger partial charge in [-0.1, -0.05) is 0 Å². The van der Waals surface area contributed by atoms with Gasteiger partial charge in [-0.15, -0.1) is 0 Å². The third kappa shape index (κ3) is 181. The van der Waals surface area contributed by atoms with Gasteiger partial charge in [0.1, 0.15) is 0 Å². The molecule has 0 aromatic heterocycles. The van der Waals surface area contributed by atoms with E-state index < -0.39 is 0 Å². The fourth-order valence-electron chi connectivity index (χ4n) is 0. The van der Waals surface area contributed by atoms with Crippen molar-refractivity contribution < 1.29 is 81.8 Å². The number of hydrogen-bond acceptors (Lipinski definition) is 0. The first-order valence-electron chi connectivity index (χ1n) is 0. The fourth-order valence-corrected chi connectivity index (χ4v) is 0. The third-order valence-electron chi connectivity index (χ3n) is 0. The fraction of sp³-hybridized carbons (Fsp3) is 0. The molecule has 60 valence electrons. The summed E-state index contributed by atoms with van der Waals surface area (Å²) in [6.45, 7) is 0. The first-order valence-corrected chi connectivity index (χ1v) is 0. The molecular formula is Bi2O7Ti2. The normalized spacial score (nSPS) is 0. The van der Waals surface area contributed by atoms with Crippen molar-refractivity contribution in [2.75, 3.05) is 0 Å². The molecule has 0 aromatic rings. The Morgan fingerprint density at radius 3 is 0.273 bits per heavy atom. The maximum Gasteiger partial charge on any atom is 4.00 e. The van der Waals surface area contributed by atoms with Gasteiger partial charge in [-0.2, -0.15) is 0 Å². The summed E-state index contributed by atoms with van der Waals surface area (Å²) in [5.41, 5.74) is 0. The van der Waals surface area contributed by atoms with Gasteiger partial charge in [-0.3, -0.25) is 0 Å². The summed E-state index contributed by atoms with van der Waals surface area (Å²) in [4.78, 5) is 0. The molecule has 0 aliphatic carbocycles. The van der Waals surface area contributed by atoms with E-state index in [1.807, 2.05) is 0 Å². The standard InChI is InChI=1S/2Bi.7O.2Ti/q2*+3;7*-2;2*+4. The van der Waals surface area contributed by atoms with Gasteiger partial charge in [-0.25, -0.2) is 0 Å². The van der Waals surface area contributed by atoms with Crippen molar-refractivity contribution in [1.29, 1.82) is 0 Å². The van der Waals surface area contributed by atoms with Gasteiger partial charge in [-0.05, 0) is 0 Å². The molecule has 0 aliphatic heterocycles. The largest absolute Gasteiger partial charge is 4.00 e. The molecule has 7 nitrogen and oxygen atoms in total.